The van der Waals surface area contributed by atoms with E-state index >= 15 is 0 Å². The Morgan fingerprint density at radius 2 is 2.20 bits per heavy atom. The van der Waals surface area contributed by atoms with Crippen LogP contribution in [-0.4, -0.2) is 23.7 Å². The Kier molecular flexibility index (Phi) is 3.51. The van der Waals surface area contributed by atoms with Gasteiger partial charge in [-0.2, -0.15) is 0 Å². The van der Waals surface area contributed by atoms with Crippen LogP contribution >= 0.6 is 0 Å². The Bertz CT molecular complexity index is 364. The molecule has 0 bridgehead atoms. The lowest BCUT2D eigenvalue weighted by atomic mass is 10.1. The van der Waals surface area contributed by atoms with Crippen molar-refractivity contribution in [1.82, 2.24) is 5.32 Å². The normalized spacial score (nSPS) is 12.1. The summed E-state index contributed by atoms with van der Waals surface area (Å²) in [6.07, 6.45) is -0.580. The Labute approximate surface area is 88.1 Å². The number of benzene rings is 1. The number of nitrogens with one attached hydrogen (secondary N) is 1. The van der Waals surface area contributed by atoms with Gasteiger partial charge in [-0.1, -0.05) is 0 Å². The molecule has 0 spiro atoms. The fourth-order valence-corrected chi connectivity index (χ4v) is 1.12. The van der Waals surface area contributed by atoms with E-state index in [1.807, 2.05) is 0 Å². The molecule has 1 atom stereocenters. The maximum atomic E-state index is 11.5. The summed E-state index contributed by atoms with van der Waals surface area (Å²) < 4.78 is 0. The summed E-state index contributed by atoms with van der Waals surface area (Å²) in [5.41, 5.74) is 12.3. The lowest BCUT2D eigenvalue weighted by Gasteiger charge is -2.09. The van der Waals surface area contributed by atoms with Gasteiger partial charge in [0, 0.05) is 17.9 Å². The van der Waals surface area contributed by atoms with Crippen LogP contribution in [0.4, 0.5) is 11.4 Å². The van der Waals surface area contributed by atoms with E-state index in [4.69, 9.17) is 16.6 Å². The molecule has 0 aromatic heterocycles. The summed E-state index contributed by atoms with van der Waals surface area (Å²) in [6.45, 7) is 1.79. The molecular weight excluding hydrogens is 194 g/mol. The molecule has 1 aromatic carbocycles. The number of nitrogens with two attached hydrogens (primary N) is 2. The molecule has 82 valence electrons. The van der Waals surface area contributed by atoms with Gasteiger partial charge in [0.2, 0.25) is 0 Å². The molecule has 0 aliphatic rings. The van der Waals surface area contributed by atoms with Gasteiger partial charge in [0.05, 0.1) is 11.7 Å². The van der Waals surface area contributed by atoms with Crippen molar-refractivity contribution in [3.8, 4) is 0 Å². The quantitative estimate of drug-likeness (QED) is 0.525. The zero-order valence-corrected chi connectivity index (χ0v) is 8.53. The van der Waals surface area contributed by atoms with Crippen LogP contribution in [0.5, 0.6) is 0 Å². The zero-order chi connectivity index (χ0) is 11.4. The number of nitrogen functional groups attached to an aromatic ring is 2. The number of hydrogen-bond acceptors (Lipinski definition) is 4. The summed E-state index contributed by atoms with van der Waals surface area (Å²) in [5.74, 6) is -0.312. The van der Waals surface area contributed by atoms with Crippen LogP contribution in [0.1, 0.15) is 17.3 Å². The SMILES string of the molecule is C[C@H](O)CNC(=O)c1ccc(N)cc1N. The number of carbonyl (C=O) groups excluding carboxylic acids is 1. The predicted octanol–water partition coefficient (Wildman–Crippen LogP) is -0.0384. The number of carbonyl (C=O) groups is 1. The van der Waals surface area contributed by atoms with E-state index in [9.17, 15) is 4.79 Å². The highest BCUT2D eigenvalue weighted by Gasteiger charge is 2.09. The first-order chi connectivity index (χ1) is 7.00. The third kappa shape index (κ3) is 3.14. The van der Waals surface area contributed by atoms with E-state index in [0.717, 1.165) is 0 Å². The molecule has 0 fully saturated rings. The molecule has 1 rings (SSSR count). The molecule has 6 N–H and O–H groups in total. The van der Waals surface area contributed by atoms with Gasteiger partial charge in [-0.25, -0.2) is 0 Å². The lowest BCUT2D eigenvalue weighted by Crippen LogP contribution is -2.31. The maximum absolute atomic E-state index is 11.5. The van der Waals surface area contributed by atoms with Gasteiger partial charge in [-0.15, -0.1) is 0 Å². The molecule has 0 heterocycles. The second-order valence-corrected chi connectivity index (χ2v) is 3.41. The van der Waals surface area contributed by atoms with E-state index < -0.39 is 6.10 Å². The van der Waals surface area contributed by atoms with Crippen LogP contribution in [0.2, 0.25) is 0 Å². The molecule has 5 nitrogen and oxygen atoms in total. The van der Waals surface area contributed by atoms with Crippen molar-refractivity contribution in [2.75, 3.05) is 18.0 Å². The largest absolute Gasteiger partial charge is 0.399 e. The van der Waals surface area contributed by atoms with Gasteiger partial charge in [0.25, 0.3) is 5.91 Å². The molecule has 0 radical (unpaired) electrons. The number of rotatable bonds is 3. The van der Waals surface area contributed by atoms with Gasteiger partial charge < -0.3 is 21.9 Å². The molecule has 1 amide bonds. The molecular formula is C10H15N3O2. The second kappa shape index (κ2) is 4.65. The fourth-order valence-electron chi connectivity index (χ4n) is 1.12. The van der Waals surface area contributed by atoms with Crippen molar-refractivity contribution in [3.05, 3.63) is 23.8 Å². The third-order valence-corrected chi connectivity index (χ3v) is 1.88. The van der Waals surface area contributed by atoms with E-state index in [2.05, 4.69) is 5.32 Å². The average molecular weight is 209 g/mol. The molecule has 0 saturated carbocycles. The van der Waals surface area contributed by atoms with E-state index in [1.165, 1.54) is 6.07 Å². The van der Waals surface area contributed by atoms with Crippen LogP contribution in [-0.2, 0) is 0 Å². The van der Waals surface area contributed by atoms with Crippen LogP contribution < -0.4 is 16.8 Å². The highest BCUT2D eigenvalue weighted by atomic mass is 16.3. The highest BCUT2D eigenvalue weighted by Crippen LogP contribution is 2.15. The average Bonchev–Trinajstić information content (AvgIpc) is 2.14. The minimum absolute atomic E-state index is 0.197. The molecule has 0 saturated heterocycles. The molecule has 15 heavy (non-hydrogen) atoms. The minimum Gasteiger partial charge on any atom is -0.399 e. The Balaban J connectivity index is 2.74. The van der Waals surface area contributed by atoms with Crippen molar-refractivity contribution >= 4 is 17.3 Å². The first-order valence-electron chi connectivity index (χ1n) is 4.62. The van der Waals surface area contributed by atoms with Crippen LogP contribution in [0.15, 0.2) is 18.2 Å². The Morgan fingerprint density at radius 3 is 2.73 bits per heavy atom. The summed E-state index contributed by atoms with van der Waals surface area (Å²) in [6, 6.07) is 4.69. The lowest BCUT2D eigenvalue weighted by molar-refractivity contribution is 0.0925. The third-order valence-electron chi connectivity index (χ3n) is 1.88. The molecule has 0 aliphatic heterocycles. The summed E-state index contributed by atoms with van der Waals surface area (Å²) >= 11 is 0. The summed E-state index contributed by atoms with van der Waals surface area (Å²) in [7, 11) is 0. The standard InChI is InChI=1S/C10H15N3O2/c1-6(14)5-13-10(15)8-3-2-7(11)4-9(8)12/h2-4,6,14H,5,11-12H2,1H3,(H,13,15)/t6-/m0/s1. The number of hydrogen-bond donors (Lipinski definition) is 4. The Morgan fingerprint density at radius 1 is 1.53 bits per heavy atom. The second-order valence-electron chi connectivity index (χ2n) is 3.41. The van der Waals surface area contributed by atoms with Crippen molar-refractivity contribution in [1.29, 1.82) is 0 Å². The molecule has 1 aromatic rings. The van der Waals surface area contributed by atoms with E-state index in [1.54, 1.807) is 19.1 Å². The van der Waals surface area contributed by atoms with Gasteiger partial charge in [-0.05, 0) is 25.1 Å². The number of aliphatic hydroxyl groups excluding tert-OH is 1. The maximum Gasteiger partial charge on any atom is 0.253 e. The molecule has 5 heteroatoms. The van der Waals surface area contributed by atoms with E-state index in [-0.39, 0.29) is 12.5 Å². The fraction of sp³-hybridized carbons (Fsp3) is 0.300. The topological polar surface area (TPSA) is 101 Å². The van der Waals surface area contributed by atoms with E-state index in [0.29, 0.717) is 16.9 Å². The summed E-state index contributed by atoms with van der Waals surface area (Å²) in [4.78, 5) is 11.5. The monoisotopic (exact) mass is 209 g/mol. The first-order valence-corrected chi connectivity index (χ1v) is 4.62. The van der Waals surface area contributed by atoms with Gasteiger partial charge in [0.1, 0.15) is 0 Å². The van der Waals surface area contributed by atoms with Gasteiger partial charge in [0.15, 0.2) is 0 Å². The van der Waals surface area contributed by atoms with Crippen molar-refractivity contribution in [3.63, 3.8) is 0 Å². The smallest absolute Gasteiger partial charge is 0.253 e. The minimum atomic E-state index is -0.580. The van der Waals surface area contributed by atoms with Crippen molar-refractivity contribution in [2.45, 2.75) is 13.0 Å². The van der Waals surface area contributed by atoms with Gasteiger partial charge >= 0.3 is 0 Å². The number of aliphatic hydroxyl groups is 1. The first kappa shape index (κ1) is 11.3. The van der Waals surface area contributed by atoms with Crippen molar-refractivity contribution in [2.24, 2.45) is 0 Å². The van der Waals surface area contributed by atoms with Crippen LogP contribution in [0.25, 0.3) is 0 Å². The number of amides is 1. The van der Waals surface area contributed by atoms with Crippen LogP contribution in [0.3, 0.4) is 0 Å². The molecule has 0 unspecified atom stereocenters. The van der Waals surface area contributed by atoms with Crippen molar-refractivity contribution < 1.29 is 9.90 Å². The predicted molar refractivity (Wildman–Crippen MR) is 59.3 cm³/mol. The van der Waals surface area contributed by atoms with Gasteiger partial charge in [-0.3, -0.25) is 4.79 Å². The summed E-state index contributed by atoms with van der Waals surface area (Å²) in [5, 5.41) is 11.5. The Hall–Kier alpha value is -1.75. The van der Waals surface area contributed by atoms with Crippen LogP contribution in [0, 0.1) is 0 Å². The molecule has 0 aliphatic carbocycles. The number of anilines is 2. The highest BCUT2D eigenvalue weighted by molar-refractivity contribution is 5.99. The zero-order valence-electron chi connectivity index (χ0n) is 8.53.